The smallest absolute Gasteiger partial charge is 0.0672 e. The molecule has 2 rings (SSSR count). The third-order valence-corrected chi connectivity index (χ3v) is 2.91. The number of nitrogens with two attached hydrogens (primary N) is 1. The summed E-state index contributed by atoms with van der Waals surface area (Å²) in [6.45, 7) is 4.92. The summed E-state index contributed by atoms with van der Waals surface area (Å²) in [6, 6.07) is 5.66. The number of hydrogen-bond donors (Lipinski definition) is 1. The Hall–Kier alpha value is -1.48. The molecular formula is C12H14ClN3. The van der Waals surface area contributed by atoms with Crippen LogP contribution in [0, 0.1) is 6.92 Å². The van der Waals surface area contributed by atoms with Gasteiger partial charge in [0.15, 0.2) is 0 Å². The van der Waals surface area contributed by atoms with E-state index in [-0.39, 0.29) is 0 Å². The van der Waals surface area contributed by atoms with Gasteiger partial charge >= 0.3 is 0 Å². The quantitative estimate of drug-likeness (QED) is 0.813. The number of benzene rings is 1. The number of anilines is 1. The second-order valence-corrected chi connectivity index (χ2v) is 4.13. The fourth-order valence-electron chi connectivity index (χ4n) is 1.66. The highest BCUT2D eigenvalue weighted by atomic mass is 35.5. The molecule has 0 aliphatic heterocycles. The minimum Gasteiger partial charge on any atom is -0.398 e. The number of nitrogen functional groups attached to an aromatic ring is 1. The van der Waals surface area contributed by atoms with Crippen LogP contribution in [0.25, 0.3) is 11.1 Å². The molecule has 0 aliphatic carbocycles. The van der Waals surface area contributed by atoms with Crippen molar-refractivity contribution in [2.75, 3.05) is 5.73 Å². The van der Waals surface area contributed by atoms with E-state index in [0.29, 0.717) is 10.7 Å². The normalized spacial score (nSPS) is 10.7. The maximum atomic E-state index is 6.00. The molecule has 0 unspecified atom stereocenters. The Morgan fingerprint density at radius 1 is 1.44 bits per heavy atom. The van der Waals surface area contributed by atoms with Crippen molar-refractivity contribution >= 4 is 17.3 Å². The van der Waals surface area contributed by atoms with Crippen LogP contribution in [0.3, 0.4) is 0 Å². The van der Waals surface area contributed by atoms with Gasteiger partial charge in [0.05, 0.1) is 16.4 Å². The molecular weight excluding hydrogens is 222 g/mol. The molecule has 0 aliphatic rings. The van der Waals surface area contributed by atoms with Gasteiger partial charge in [0, 0.05) is 18.3 Å². The van der Waals surface area contributed by atoms with Crippen molar-refractivity contribution in [3.63, 3.8) is 0 Å². The van der Waals surface area contributed by atoms with Crippen molar-refractivity contribution in [2.24, 2.45) is 0 Å². The largest absolute Gasteiger partial charge is 0.398 e. The molecule has 0 fully saturated rings. The van der Waals surface area contributed by atoms with E-state index >= 15 is 0 Å². The Bertz CT molecular complexity index is 517. The molecule has 4 heteroatoms. The maximum absolute atomic E-state index is 6.00. The molecule has 1 heterocycles. The van der Waals surface area contributed by atoms with E-state index < -0.39 is 0 Å². The van der Waals surface area contributed by atoms with E-state index in [4.69, 9.17) is 17.3 Å². The van der Waals surface area contributed by atoms with Gasteiger partial charge in [-0.1, -0.05) is 17.7 Å². The van der Waals surface area contributed by atoms with E-state index in [2.05, 4.69) is 12.0 Å². The molecule has 0 radical (unpaired) electrons. The van der Waals surface area contributed by atoms with Crippen LogP contribution in [-0.4, -0.2) is 9.78 Å². The third-order valence-electron chi connectivity index (χ3n) is 2.58. The van der Waals surface area contributed by atoms with Crippen LogP contribution in [0.1, 0.15) is 12.6 Å². The summed E-state index contributed by atoms with van der Waals surface area (Å²) in [4.78, 5) is 0. The van der Waals surface area contributed by atoms with E-state index in [0.717, 1.165) is 23.4 Å². The predicted molar refractivity (Wildman–Crippen MR) is 67.5 cm³/mol. The molecule has 1 aromatic carbocycles. The van der Waals surface area contributed by atoms with Gasteiger partial charge in [0.1, 0.15) is 0 Å². The van der Waals surface area contributed by atoms with Crippen molar-refractivity contribution < 1.29 is 0 Å². The number of halogens is 1. The lowest BCUT2D eigenvalue weighted by Gasteiger charge is -2.02. The van der Waals surface area contributed by atoms with Gasteiger partial charge in [-0.15, -0.1) is 0 Å². The van der Waals surface area contributed by atoms with Crippen LogP contribution in [0.5, 0.6) is 0 Å². The Morgan fingerprint density at radius 2 is 2.19 bits per heavy atom. The monoisotopic (exact) mass is 235 g/mol. The van der Waals surface area contributed by atoms with Crippen molar-refractivity contribution in [3.05, 3.63) is 35.1 Å². The zero-order chi connectivity index (χ0) is 11.7. The number of hydrogen-bond acceptors (Lipinski definition) is 2. The second kappa shape index (κ2) is 4.18. The minimum absolute atomic E-state index is 0.584. The van der Waals surface area contributed by atoms with Crippen LogP contribution in [0.15, 0.2) is 24.4 Å². The van der Waals surface area contributed by atoms with E-state index in [1.807, 2.05) is 36.0 Å². The number of aryl methyl sites for hydroxylation is 2. The summed E-state index contributed by atoms with van der Waals surface area (Å²) in [5.74, 6) is 0. The van der Waals surface area contributed by atoms with Crippen LogP contribution in [0.2, 0.25) is 5.02 Å². The molecule has 0 saturated heterocycles. The van der Waals surface area contributed by atoms with E-state index in [1.54, 1.807) is 0 Å². The fraction of sp³-hybridized carbons (Fsp3) is 0.250. The van der Waals surface area contributed by atoms with Gasteiger partial charge < -0.3 is 5.73 Å². The summed E-state index contributed by atoms with van der Waals surface area (Å²) >= 11 is 6.00. The molecule has 3 nitrogen and oxygen atoms in total. The lowest BCUT2D eigenvalue weighted by Crippen LogP contribution is -1.93. The Morgan fingerprint density at radius 3 is 2.75 bits per heavy atom. The van der Waals surface area contributed by atoms with Crippen LogP contribution < -0.4 is 5.73 Å². The summed E-state index contributed by atoms with van der Waals surface area (Å²) in [6.07, 6.45) is 2.02. The standard InChI is InChI=1S/C12H14ClN3/c1-3-16-7-10(8(2)15-16)9-4-5-12(14)11(13)6-9/h4-7H,3,14H2,1-2H3. The first-order valence-corrected chi connectivity index (χ1v) is 5.59. The van der Waals surface area contributed by atoms with Crippen LogP contribution in [0.4, 0.5) is 5.69 Å². The molecule has 0 atom stereocenters. The number of aromatic nitrogens is 2. The SMILES string of the molecule is CCn1cc(-c2ccc(N)c(Cl)c2)c(C)n1. The zero-order valence-corrected chi connectivity index (χ0v) is 10.1. The van der Waals surface area contributed by atoms with Gasteiger partial charge in [-0.3, -0.25) is 4.68 Å². The number of rotatable bonds is 2. The first-order chi connectivity index (χ1) is 7.61. The fourth-order valence-corrected chi connectivity index (χ4v) is 1.84. The minimum atomic E-state index is 0.584. The molecule has 0 saturated carbocycles. The van der Waals surface area contributed by atoms with Gasteiger partial charge in [-0.2, -0.15) is 5.10 Å². The molecule has 2 N–H and O–H groups in total. The summed E-state index contributed by atoms with van der Waals surface area (Å²) in [7, 11) is 0. The van der Waals surface area contributed by atoms with Gasteiger partial charge in [-0.25, -0.2) is 0 Å². The average Bonchev–Trinajstić information content (AvgIpc) is 2.64. The molecule has 0 bridgehead atoms. The Labute approximate surface area is 99.8 Å². The number of nitrogens with zero attached hydrogens (tertiary/aromatic N) is 2. The first kappa shape index (κ1) is 11.0. The molecule has 84 valence electrons. The van der Waals surface area contributed by atoms with Gasteiger partial charge in [-0.05, 0) is 31.5 Å². The highest BCUT2D eigenvalue weighted by Crippen LogP contribution is 2.28. The molecule has 0 spiro atoms. The maximum Gasteiger partial charge on any atom is 0.0672 e. The highest BCUT2D eigenvalue weighted by molar-refractivity contribution is 6.33. The van der Waals surface area contributed by atoms with E-state index in [1.165, 1.54) is 0 Å². The zero-order valence-electron chi connectivity index (χ0n) is 9.37. The molecule has 2 aromatic rings. The Kier molecular flexibility index (Phi) is 2.88. The third kappa shape index (κ3) is 1.91. The Balaban J connectivity index is 2.49. The lowest BCUT2D eigenvalue weighted by atomic mass is 10.1. The first-order valence-electron chi connectivity index (χ1n) is 5.21. The van der Waals surface area contributed by atoms with Crippen molar-refractivity contribution in [2.45, 2.75) is 20.4 Å². The second-order valence-electron chi connectivity index (χ2n) is 3.72. The molecule has 16 heavy (non-hydrogen) atoms. The summed E-state index contributed by atoms with van der Waals surface area (Å²) in [5.41, 5.74) is 9.44. The van der Waals surface area contributed by atoms with Crippen molar-refractivity contribution in [1.29, 1.82) is 0 Å². The van der Waals surface area contributed by atoms with Gasteiger partial charge in [0.2, 0.25) is 0 Å². The van der Waals surface area contributed by atoms with Gasteiger partial charge in [0.25, 0.3) is 0 Å². The summed E-state index contributed by atoms with van der Waals surface area (Å²) in [5, 5.41) is 4.98. The van der Waals surface area contributed by atoms with Crippen molar-refractivity contribution in [1.82, 2.24) is 9.78 Å². The average molecular weight is 236 g/mol. The molecule has 0 amide bonds. The summed E-state index contributed by atoms with van der Waals surface area (Å²) < 4.78 is 1.91. The van der Waals surface area contributed by atoms with Crippen LogP contribution in [-0.2, 0) is 6.54 Å². The van der Waals surface area contributed by atoms with Crippen LogP contribution >= 0.6 is 11.6 Å². The molecule has 1 aromatic heterocycles. The predicted octanol–water partition coefficient (Wildman–Crippen LogP) is 3.11. The topological polar surface area (TPSA) is 43.8 Å². The van der Waals surface area contributed by atoms with Crippen molar-refractivity contribution in [3.8, 4) is 11.1 Å². The highest BCUT2D eigenvalue weighted by Gasteiger charge is 2.08. The lowest BCUT2D eigenvalue weighted by molar-refractivity contribution is 0.653. The van der Waals surface area contributed by atoms with E-state index in [9.17, 15) is 0 Å².